The van der Waals surface area contributed by atoms with Crippen molar-refractivity contribution in [1.29, 1.82) is 0 Å². The first kappa shape index (κ1) is 12.1. The summed E-state index contributed by atoms with van der Waals surface area (Å²) in [5.41, 5.74) is 0. The van der Waals surface area contributed by atoms with E-state index in [1.54, 1.807) is 0 Å². The summed E-state index contributed by atoms with van der Waals surface area (Å²) < 4.78 is 13.7. The molecule has 2 heterocycles. The number of hydrogen-bond acceptors (Lipinski definition) is 2. The SMILES string of the molecule is CC1CCN(c2ncc(Cl)cc2F)C1CBr. The van der Waals surface area contributed by atoms with Crippen LogP contribution in [0, 0.1) is 11.7 Å². The standard InChI is InChI=1S/C11H13BrClFN2/c1-7-2-3-16(10(7)5-12)11-9(14)4-8(13)6-15-11/h4,6-7,10H,2-3,5H2,1H3. The number of alkyl halides is 1. The minimum Gasteiger partial charge on any atom is -0.350 e. The van der Waals surface area contributed by atoms with Gasteiger partial charge in [0.1, 0.15) is 0 Å². The van der Waals surface area contributed by atoms with Gasteiger partial charge in [-0.15, -0.1) is 0 Å². The lowest BCUT2D eigenvalue weighted by molar-refractivity contribution is 0.544. The molecule has 2 nitrogen and oxygen atoms in total. The van der Waals surface area contributed by atoms with E-state index in [9.17, 15) is 4.39 Å². The number of halogens is 3. The van der Waals surface area contributed by atoms with Crippen LogP contribution in [0.15, 0.2) is 12.3 Å². The van der Waals surface area contributed by atoms with Crippen LogP contribution in [0.3, 0.4) is 0 Å². The van der Waals surface area contributed by atoms with Gasteiger partial charge in [0, 0.05) is 24.1 Å². The molecule has 5 heteroatoms. The number of nitrogens with zero attached hydrogens (tertiary/aromatic N) is 2. The van der Waals surface area contributed by atoms with Crippen molar-refractivity contribution < 1.29 is 4.39 Å². The first-order valence-electron chi connectivity index (χ1n) is 5.27. The van der Waals surface area contributed by atoms with E-state index < -0.39 is 0 Å². The summed E-state index contributed by atoms with van der Waals surface area (Å²) in [6, 6.07) is 1.63. The number of rotatable bonds is 2. The van der Waals surface area contributed by atoms with Gasteiger partial charge in [-0.25, -0.2) is 9.37 Å². The van der Waals surface area contributed by atoms with Gasteiger partial charge in [-0.05, 0) is 18.4 Å². The predicted molar refractivity (Wildman–Crippen MR) is 67.9 cm³/mol. The molecule has 2 rings (SSSR count). The van der Waals surface area contributed by atoms with Crippen molar-refractivity contribution in [2.24, 2.45) is 5.92 Å². The van der Waals surface area contributed by atoms with Gasteiger partial charge in [0.05, 0.1) is 5.02 Å². The van der Waals surface area contributed by atoms with Crippen LogP contribution >= 0.6 is 27.5 Å². The zero-order valence-electron chi connectivity index (χ0n) is 8.96. The largest absolute Gasteiger partial charge is 0.350 e. The molecule has 0 spiro atoms. The predicted octanol–water partition coefficient (Wildman–Crippen LogP) is 3.48. The van der Waals surface area contributed by atoms with E-state index in [-0.39, 0.29) is 5.82 Å². The molecule has 1 aliphatic rings. The molecule has 16 heavy (non-hydrogen) atoms. The molecule has 0 amide bonds. The summed E-state index contributed by atoms with van der Waals surface area (Å²) in [6.07, 6.45) is 2.56. The van der Waals surface area contributed by atoms with Gasteiger partial charge in [-0.3, -0.25) is 0 Å². The molecular formula is C11H13BrClFN2. The van der Waals surface area contributed by atoms with Gasteiger partial charge in [-0.1, -0.05) is 34.5 Å². The van der Waals surface area contributed by atoms with Crippen molar-refractivity contribution in [2.45, 2.75) is 19.4 Å². The lowest BCUT2D eigenvalue weighted by Crippen LogP contribution is -2.34. The van der Waals surface area contributed by atoms with Crippen LogP contribution in [0.5, 0.6) is 0 Å². The summed E-state index contributed by atoms with van der Waals surface area (Å²) in [7, 11) is 0. The second-order valence-corrected chi connectivity index (χ2v) is 5.22. The monoisotopic (exact) mass is 306 g/mol. The van der Waals surface area contributed by atoms with Gasteiger partial charge in [-0.2, -0.15) is 0 Å². The van der Waals surface area contributed by atoms with Crippen molar-refractivity contribution >= 4 is 33.3 Å². The summed E-state index contributed by atoms with van der Waals surface area (Å²) in [4.78, 5) is 6.11. The third kappa shape index (κ3) is 2.18. The maximum absolute atomic E-state index is 13.7. The highest BCUT2D eigenvalue weighted by atomic mass is 79.9. The molecule has 2 atom stereocenters. The Bertz CT molecular complexity index is 388. The Morgan fingerprint density at radius 1 is 1.69 bits per heavy atom. The number of hydrogen-bond donors (Lipinski definition) is 0. The van der Waals surface area contributed by atoms with Crippen molar-refractivity contribution in [2.75, 3.05) is 16.8 Å². The molecule has 1 aliphatic heterocycles. The molecule has 0 bridgehead atoms. The van der Waals surface area contributed by atoms with Gasteiger partial charge >= 0.3 is 0 Å². The Hall–Kier alpha value is -0.350. The molecule has 0 saturated carbocycles. The smallest absolute Gasteiger partial charge is 0.167 e. The fourth-order valence-corrected chi connectivity index (χ4v) is 3.26. The van der Waals surface area contributed by atoms with Crippen LogP contribution < -0.4 is 4.90 Å². The summed E-state index contributed by atoms with van der Waals surface area (Å²) >= 11 is 9.17. The van der Waals surface area contributed by atoms with E-state index in [0.717, 1.165) is 18.3 Å². The average Bonchev–Trinajstić information content (AvgIpc) is 2.59. The van der Waals surface area contributed by atoms with Crippen LogP contribution in [0.4, 0.5) is 10.2 Å². The molecule has 88 valence electrons. The third-order valence-corrected chi connectivity index (χ3v) is 3.97. The third-order valence-electron chi connectivity index (χ3n) is 3.10. The van der Waals surface area contributed by atoms with E-state index in [1.165, 1.54) is 12.3 Å². The van der Waals surface area contributed by atoms with Gasteiger partial charge in [0.15, 0.2) is 11.6 Å². The first-order chi connectivity index (χ1) is 7.63. The lowest BCUT2D eigenvalue weighted by Gasteiger charge is -2.26. The molecule has 0 aromatic carbocycles. The second kappa shape index (κ2) is 4.88. The van der Waals surface area contributed by atoms with Gasteiger partial charge < -0.3 is 4.90 Å². The lowest BCUT2D eigenvalue weighted by atomic mass is 10.1. The Kier molecular flexibility index (Phi) is 3.70. The summed E-state index contributed by atoms with van der Waals surface area (Å²) in [6.45, 7) is 3.03. The normalized spacial score (nSPS) is 25.1. The fourth-order valence-electron chi connectivity index (χ4n) is 2.13. The second-order valence-electron chi connectivity index (χ2n) is 4.14. The molecule has 0 aliphatic carbocycles. The van der Waals surface area contributed by atoms with Crippen LogP contribution in [0.2, 0.25) is 5.02 Å². The number of aromatic nitrogens is 1. The molecule has 0 N–H and O–H groups in total. The Labute approximate surface area is 108 Å². The maximum Gasteiger partial charge on any atom is 0.167 e. The average molecular weight is 308 g/mol. The maximum atomic E-state index is 13.7. The van der Waals surface area contributed by atoms with E-state index in [1.807, 2.05) is 4.90 Å². The molecular weight excluding hydrogens is 294 g/mol. The summed E-state index contributed by atoms with van der Waals surface area (Å²) in [5, 5.41) is 1.17. The molecule has 1 fully saturated rings. The van der Waals surface area contributed by atoms with Crippen molar-refractivity contribution in [3.05, 3.63) is 23.1 Å². The highest BCUT2D eigenvalue weighted by molar-refractivity contribution is 9.09. The van der Waals surface area contributed by atoms with E-state index >= 15 is 0 Å². The zero-order chi connectivity index (χ0) is 11.7. The van der Waals surface area contributed by atoms with E-state index in [0.29, 0.717) is 22.8 Å². The fraction of sp³-hybridized carbons (Fsp3) is 0.545. The van der Waals surface area contributed by atoms with Crippen LogP contribution in [0.25, 0.3) is 0 Å². The minimum atomic E-state index is -0.340. The van der Waals surface area contributed by atoms with Crippen LogP contribution in [-0.4, -0.2) is 22.9 Å². The van der Waals surface area contributed by atoms with Gasteiger partial charge in [0.2, 0.25) is 0 Å². The van der Waals surface area contributed by atoms with E-state index in [2.05, 4.69) is 27.8 Å². The van der Waals surface area contributed by atoms with Crippen molar-refractivity contribution in [1.82, 2.24) is 4.98 Å². The van der Waals surface area contributed by atoms with E-state index in [4.69, 9.17) is 11.6 Å². The quantitative estimate of drug-likeness (QED) is 0.778. The number of pyridine rings is 1. The molecule has 1 aromatic rings. The van der Waals surface area contributed by atoms with Crippen LogP contribution in [-0.2, 0) is 0 Å². The molecule has 0 radical (unpaired) electrons. The Morgan fingerprint density at radius 2 is 2.44 bits per heavy atom. The number of anilines is 1. The highest BCUT2D eigenvalue weighted by Gasteiger charge is 2.32. The van der Waals surface area contributed by atoms with Crippen molar-refractivity contribution in [3.8, 4) is 0 Å². The first-order valence-corrected chi connectivity index (χ1v) is 6.77. The zero-order valence-corrected chi connectivity index (χ0v) is 11.3. The topological polar surface area (TPSA) is 16.1 Å². The van der Waals surface area contributed by atoms with Gasteiger partial charge in [0.25, 0.3) is 0 Å². The molecule has 1 saturated heterocycles. The minimum absolute atomic E-state index is 0.308. The Morgan fingerprint density at radius 3 is 3.06 bits per heavy atom. The summed E-state index contributed by atoms with van der Waals surface area (Å²) in [5.74, 6) is 0.627. The Balaban J connectivity index is 2.30. The van der Waals surface area contributed by atoms with Crippen molar-refractivity contribution in [3.63, 3.8) is 0 Å². The molecule has 1 aromatic heterocycles. The van der Waals surface area contributed by atoms with Crippen LogP contribution in [0.1, 0.15) is 13.3 Å². The highest BCUT2D eigenvalue weighted by Crippen LogP contribution is 2.31. The molecule has 2 unspecified atom stereocenters.